The maximum atomic E-state index is 11.7. The zero-order chi connectivity index (χ0) is 9.35. The Hall–Kier alpha value is -0.990. The highest BCUT2D eigenvalue weighted by atomic mass is 16.2. The number of carbonyl (C=O) groups is 1. The van der Waals surface area contributed by atoms with Crippen molar-refractivity contribution in [3.05, 3.63) is 12.4 Å². The normalized spacial score (nSPS) is 17.3. The number of carbonyl (C=O) groups excluding carboxylic acids is 1. The van der Waals surface area contributed by atoms with Crippen LogP contribution in [0.15, 0.2) is 12.4 Å². The summed E-state index contributed by atoms with van der Waals surface area (Å²) in [4.78, 5) is 15.4. The summed E-state index contributed by atoms with van der Waals surface area (Å²) in [5.74, 6) is 0.170. The largest absolute Gasteiger partial charge is 0.361 e. The van der Waals surface area contributed by atoms with Crippen LogP contribution in [0, 0.1) is 5.41 Å². The van der Waals surface area contributed by atoms with Crippen molar-refractivity contribution in [2.45, 2.75) is 20.8 Å². The van der Waals surface area contributed by atoms with Gasteiger partial charge < -0.3 is 4.90 Å². The molecule has 0 aromatic rings. The molecule has 1 aliphatic heterocycles. The minimum absolute atomic E-state index is 0.170. The first-order valence-corrected chi connectivity index (χ1v) is 4.11. The third-order valence-electron chi connectivity index (χ3n) is 1.78. The SMILES string of the molecule is CN1C=CN(C(=O)C(C)(C)C)C1. The monoisotopic (exact) mass is 168 g/mol. The van der Waals surface area contributed by atoms with E-state index in [0.717, 1.165) is 0 Å². The number of amides is 1. The molecule has 3 nitrogen and oxygen atoms in total. The molecule has 0 saturated heterocycles. The first kappa shape index (κ1) is 9.10. The summed E-state index contributed by atoms with van der Waals surface area (Å²) < 4.78 is 0. The molecule has 68 valence electrons. The van der Waals surface area contributed by atoms with Gasteiger partial charge in [-0.2, -0.15) is 0 Å². The predicted octanol–water partition coefficient (Wildman–Crippen LogP) is 1.24. The molecule has 0 aromatic heterocycles. The van der Waals surface area contributed by atoms with Gasteiger partial charge in [-0.25, -0.2) is 0 Å². The van der Waals surface area contributed by atoms with Gasteiger partial charge in [0.2, 0.25) is 5.91 Å². The van der Waals surface area contributed by atoms with E-state index < -0.39 is 0 Å². The van der Waals surface area contributed by atoms with Gasteiger partial charge in [-0.15, -0.1) is 0 Å². The topological polar surface area (TPSA) is 23.6 Å². The number of rotatable bonds is 0. The molecule has 0 spiro atoms. The van der Waals surface area contributed by atoms with Crippen LogP contribution in [0.4, 0.5) is 0 Å². The molecule has 1 rings (SSSR count). The maximum absolute atomic E-state index is 11.7. The smallest absolute Gasteiger partial charge is 0.233 e. The molecule has 0 bridgehead atoms. The Bertz CT molecular complexity index is 215. The van der Waals surface area contributed by atoms with Crippen LogP contribution >= 0.6 is 0 Å². The average Bonchev–Trinajstić information content (AvgIpc) is 2.32. The molecule has 3 heteroatoms. The highest BCUT2D eigenvalue weighted by Crippen LogP contribution is 2.19. The van der Waals surface area contributed by atoms with Crippen molar-refractivity contribution < 1.29 is 4.79 Å². The summed E-state index contributed by atoms with van der Waals surface area (Å²) in [6.07, 6.45) is 3.73. The second kappa shape index (κ2) is 2.81. The van der Waals surface area contributed by atoms with E-state index in [1.165, 1.54) is 0 Å². The van der Waals surface area contributed by atoms with Crippen LogP contribution in [0.3, 0.4) is 0 Å². The van der Waals surface area contributed by atoms with Gasteiger partial charge in [-0.05, 0) is 0 Å². The fourth-order valence-corrected chi connectivity index (χ4v) is 1.09. The number of hydrogen-bond acceptors (Lipinski definition) is 2. The van der Waals surface area contributed by atoms with Crippen LogP contribution in [0.2, 0.25) is 0 Å². The van der Waals surface area contributed by atoms with Crippen LogP contribution in [-0.2, 0) is 4.79 Å². The van der Waals surface area contributed by atoms with Crippen LogP contribution in [-0.4, -0.2) is 29.4 Å². The summed E-state index contributed by atoms with van der Waals surface area (Å²) in [6, 6.07) is 0. The summed E-state index contributed by atoms with van der Waals surface area (Å²) in [7, 11) is 1.95. The molecular formula is C9H16N2O. The van der Waals surface area contributed by atoms with Crippen molar-refractivity contribution in [2.24, 2.45) is 5.41 Å². The Labute approximate surface area is 73.6 Å². The van der Waals surface area contributed by atoms with Gasteiger partial charge in [0.15, 0.2) is 0 Å². The molecule has 0 saturated carbocycles. The van der Waals surface area contributed by atoms with Gasteiger partial charge >= 0.3 is 0 Å². The Morgan fingerprint density at radius 3 is 2.25 bits per heavy atom. The predicted molar refractivity (Wildman–Crippen MR) is 48.1 cm³/mol. The fraction of sp³-hybridized carbons (Fsp3) is 0.667. The lowest BCUT2D eigenvalue weighted by molar-refractivity contribution is -0.137. The molecule has 0 radical (unpaired) electrons. The fourth-order valence-electron chi connectivity index (χ4n) is 1.09. The Balaban J connectivity index is 2.62. The highest BCUT2D eigenvalue weighted by molar-refractivity contribution is 5.82. The Kier molecular flexibility index (Phi) is 2.13. The van der Waals surface area contributed by atoms with E-state index in [9.17, 15) is 4.79 Å². The number of nitrogens with zero attached hydrogens (tertiary/aromatic N) is 2. The molecular weight excluding hydrogens is 152 g/mol. The van der Waals surface area contributed by atoms with Crippen molar-refractivity contribution in [2.75, 3.05) is 13.7 Å². The van der Waals surface area contributed by atoms with E-state index in [1.807, 2.05) is 45.1 Å². The zero-order valence-electron chi connectivity index (χ0n) is 8.16. The third-order valence-corrected chi connectivity index (χ3v) is 1.78. The summed E-state index contributed by atoms with van der Waals surface area (Å²) in [6.45, 7) is 6.47. The lowest BCUT2D eigenvalue weighted by atomic mass is 9.95. The van der Waals surface area contributed by atoms with E-state index in [2.05, 4.69) is 0 Å². The van der Waals surface area contributed by atoms with Crippen LogP contribution in [0.5, 0.6) is 0 Å². The quantitative estimate of drug-likeness (QED) is 0.543. The van der Waals surface area contributed by atoms with Crippen molar-refractivity contribution >= 4 is 5.91 Å². The lowest BCUT2D eigenvalue weighted by Crippen LogP contribution is -2.37. The van der Waals surface area contributed by atoms with Crippen molar-refractivity contribution in [3.8, 4) is 0 Å². The van der Waals surface area contributed by atoms with E-state index in [0.29, 0.717) is 6.67 Å². The van der Waals surface area contributed by atoms with Gasteiger partial charge in [-0.1, -0.05) is 20.8 Å². The zero-order valence-corrected chi connectivity index (χ0v) is 8.16. The average molecular weight is 168 g/mol. The second-order valence-corrected chi connectivity index (χ2v) is 4.22. The van der Waals surface area contributed by atoms with E-state index >= 15 is 0 Å². The minimum Gasteiger partial charge on any atom is -0.361 e. The van der Waals surface area contributed by atoms with E-state index in [-0.39, 0.29) is 11.3 Å². The Morgan fingerprint density at radius 1 is 1.33 bits per heavy atom. The van der Waals surface area contributed by atoms with Crippen molar-refractivity contribution in [1.82, 2.24) is 9.80 Å². The maximum Gasteiger partial charge on any atom is 0.233 e. The van der Waals surface area contributed by atoms with E-state index in [4.69, 9.17) is 0 Å². The molecule has 0 aromatic carbocycles. The molecule has 0 fully saturated rings. The summed E-state index contributed by atoms with van der Waals surface area (Å²) in [5.41, 5.74) is -0.282. The van der Waals surface area contributed by atoms with Gasteiger partial charge in [-0.3, -0.25) is 9.69 Å². The van der Waals surface area contributed by atoms with Crippen molar-refractivity contribution in [3.63, 3.8) is 0 Å². The second-order valence-electron chi connectivity index (χ2n) is 4.22. The van der Waals surface area contributed by atoms with Gasteiger partial charge in [0.05, 0.1) is 6.67 Å². The molecule has 0 N–H and O–H groups in total. The third kappa shape index (κ3) is 1.78. The standard InChI is InChI=1S/C9H16N2O/c1-9(2,3)8(12)11-6-5-10(4)7-11/h5-6H,7H2,1-4H3. The molecule has 0 aliphatic carbocycles. The molecule has 12 heavy (non-hydrogen) atoms. The molecule has 1 aliphatic rings. The van der Waals surface area contributed by atoms with Gasteiger partial charge in [0, 0.05) is 24.9 Å². The molecule has 1 amide bonds. The lowest BCUT2D eigenvalue weighted by Gasteiger charge is -2.24. The van der Waals surface area contributed by atoms with Gasteiger partial charge in [0.25, 0.3) is 0 Å². The summed E-state index contributed by atoms with van der Waals surface area (Å²) >= 11 is 0. The molecule has 0 unspecified atom stereocenters. The Morgan fingerprint density at radius 2 is 1.92 bits per heavy atom. The minimum atomic E-state index is -0.282. The first-order valence-electron chi connectivity index (χ1n) is 4.11. The van der Waals surface area contributed by atoms with Crippen molar-refractivity contribution in [1.29, 1.82) is 0 Å². The van der Waals surface area contributed by atoms with Crippen LogP contribution < -0.4 is 0 Å². The summed E-state index contributed by atoms with van der Waals surface area (Å²) in [5, 5.41) is 0. The molecule has 0 atom stereocenters. The van der Waals surface area contributed by atoms with Gasteiger partial charge in [0.1, 0.15) is 0 Å². The first-order chi connectivity index (χ1) is 5.41. The van der Waals surface area contributed by atoms with Crippen LogP contribution in [0.25, 0.3) is 0 Å². The van der Waals surface area contributed by atoms with E-state index in [1.54, 1.807) is 4.90 Å². The van der Waals surface area contributed by atoms with Crippen LogP contribution in [0.1, 0.15) is 20.8 Å². The number of hydrogen-bond donors (Lipinski definition) is 0. The molecule has 1 heterocycles. The highest BCUT2D eigenvalue weighted by Gasteiger charge is 2.27.